The van der Waals surface area contributed by atoms with Gasteiger partial charge in [0, 0.05) is 19.3 Å². The predicted octanol–water partition coefficient (Wildman–Crippen LogP) is 18.0. The highest BCUT2D eigenvalue weighted by Gasteiger charge is 2.19. The monoisotopic (exact) mass is 937 g/mol. The molecule has 0 bridgehead atoms. The van der Waals surface area contributed by atoms with Crippen molar-refractivity contribution in [1.29, 1.82) is 0 Å². The van der Waals surface area contributed by atoms with E-state index in [1.807, 2.05) is 128 Å². The Bertz CT molecular complexity index is 1540. The third kappa shape index (κ3) is 52.3. The minimum Gasteiger partial charge on any atom is -0.462 e. The molecule has 0 spiro atoms. The Balaban J connectivity index is 4.57. The Morgan fingerprint density at radius 1 is 0.309 bits per heavy atom. The fourth-order valence-electron chi connectivity index (χ4n) is 6.93. The summed E-state index contributed by atoms with van der Waals surface area (Å²) in [6.45, 7) is 6.24. The van der Waals surface area contributed by atoms with Crippen LogP contribution in [0.15, 0.2) is 146 Å². The quantitative estimate of drug-likeness (QED) is 0.0262. The first kappa shape index (κ1) is 63.3. The third-order valence-electron chi connectivity index (χ3n) is 10.9. The molecule has 0 rings (SSSR count). The molecule has 1 atom stereocenters. The molecule has 0 aromatic carbocycles. The van der Waals surface area contributed by atoms with Crippen molar-refractivity contribution < 1.29 is 28.6 Å². The molecule has 0 aliphatic carbocycles. The van der Waals surface area contributed by atoms with Gasteiger partial charge in [0.1, 0.15) is 13.2 Å². The molecule has 0 saturated carbocycles. The van der Waals surface area contributed by atoms with E-state index in [4.69, 9.17) is 14.2 Å². The lowest BCUT2D eigenvalue weighted by Gasteiger charge is -2.18. The van der Waals surface area contributed by atoms with Gasteiger partial charge in [0.2, 0.25) is 0 Å². The van der Waals surface area contributed by atoms with Gasteiger partial charge in [0.25, 0.3) is 0 Å². The summed E-state index contributed by atoms with van der Waals surface area (Å²) >= 11 is 0. The maximum absolute atomic E-state index is 12.8. The van der Waals surface area contributed by atoms with Crippen LogP contribution in [0.5, 0.6) is 0 Å². The van der Waals surface area contributed by atoms with Gasteiger partial charge in [-0.25, -0.2) is 0 Å². The molecule has 6 heteroatoms. The summed E-state index contributed by atoms with van der Waals surface area (Å²) in [4.78, 5) is 38.0. The summed E-state index contributed by atoms with van der Waals surface area (Å²) < 4.78 is 16.7. The van der Waals surface area contributed by atoms with Crippen LogP contribution in [0.4, 0.5) is 0 Å². The average Bonchev–Trinajstić information content (AvgIpc) is 3.34. The number of hydrogen-bond donors (Lipinski definition) is 0. The van der Waals surface area contributed by atoms with Gasteiger partial charge in [0.15, 0.2) is 6.10 Å². The summed E-state index contributed by atoms with van der Waals surface area (Å²) in [7, 11) is 0. The predicted molar refractivity (Wildman–Crippen MR) is 292 cm³/mol. The van der Waals surface area contributed by atoms with Crippen molar-refractivity contribution in [2.24, 2.45) is 0 Å². The van der Waals surface area contributed by atoms with Crippen molar-refractivity contribution in [2.75, 3.05) is 13.2 Å². The van der Waals surface area contributed by atoms with E-state index < -0.39 is 6.10 Å². The van der Waals surface area contributed by atoms with E-state index in [-0.39, 0.29) is 44.0 Å². The van der Waals surface area contributed by atoms with Crippen molar-refractivity contribution >= 4 is 17.9 Å². The second-order valence-electron chi connectivity index (χ2n) is 17.3. The maximum atomic E-state index is 12.8. The molecule has 0 heterocycles. The molecule has 0 amide bonds. The lowest BCUT2D eigenvalue weighted by atomic mass is 10.0. The Labute approximate surface area is 417 Å². The van der Waals surface area contributed by atoms with Gasteiger partial charge in [-0.05, 0) is 51.4 Å². The largest absolute Gasteiger partial charge is 0.462 e. The Hall–Kier alpha value is -4.71. The molecule has 0 aromatic rings. The molecule has 380 valence electrons. The molecular formula is C62H96O6. The highest BCUT2D eigenvalue weighted by atomic mass is 16.6. The van der Waals surface area contributed by atoms with E-state index in [9.17, 15) is 14.4 Å². The number of esters is 3. The first-order valence-electron chi connectivity index (χ1n) is 27.0. The number of unbranched alkanes of at least 4 members (excludes halogenated alkanes) is 21. The fraction of sp³-hybridized carbons (Fsp3) is 0.565. The Kier molecular flexibility index (Phi) is 51.1. The topological polar surface area (TPSA) is 78.9 Å². The molecule has 0 saturated heterocycles. The fourth-order valence-corrected chi connectivity index (χ4v) is 6.93. The zero-order chi connectivity index (χ0) is 49.3. The van der Waals surface area contributed by atoms with Crippen molar-refractivity contribution in [3.8, 4) is 0 Å². The summed E-state index contributed by atoms with van der Waals surface area (Å²) in [6.07, 6.45) is 78.4. The molecule has 0 aliphatic heterocycles. The molecular weight excluding hydrogens is 841 g/mol. The lowest BCUT2D eigenvalue weighted by Crippen LogP contribution is -2.30. The van der Waals surface area contributed by atoms with E-state index in [1.54, 1.807) is 0 Å². The molecule has 0 aliphatic rings. The van der Waals surface area contributed by atoms with Crippen LogP contribution in [-0.2, 0) is 28.6 Å². The second-order valence-corrected chi connectivity index (χ2v) is 17.3. The van der Waals surface area contributed by atoms with E-state index in [0.29, 0.717) is 19.3 Å². The highest BCUT2D eigenvalue weighted by Crippen LogP contribution is 2.15. The van der Waals surface area contributed by atoms with Crippen LogP contribution in [0.25, 0.3) is 0 Å². The zero-order valence-corrected chi connectivity index (χ0v) is 43.3. The highest BCUT2D eigenvalue weighted by molar-refractivity contribution is 5.71. The van der Waals surface area contributed by atoms with Gasteiger partial charge in [-0.2, -0.15) is 0 Å². The van der Waals surface area contributed by atoms with Crippen molar-refractivity contribution in [1.82, 2.24) is 0 Å². The van der Waals surface area contributed by atoms with Gasteiger partial charge >= 0.3 is 17.9 Å². The van der Waals surface area contributed by atoms with Crippen LogP contribution in [-0.4, -0.2) is 37.2 Å². The number of hydrogen-bond acceptors (Lipinski definition) is 6. The second kappa shape index (κ2) is 54.9. The molecule has 0 fully saturated rings. The van der Waals surface area contributed by atoms with Gasteiger partial charge < -0.3 is 14.2 Å². The first-order chi connectivity index (χ1) is 33.5. The molecule has 68 heavy (non-hydrogen) atoms. The smallest absolute Gasteiger partial charge is 0.306 e. The SMILES string of the molecule is CC\C=C/C=C\C=C/C=C\C=C/CCCC(=O)OCC(COC(=O)CCCCC\C=C/C=C\C=C\C=C/C=C\C=C/C=C\CC)OC(=O)CCCCCCCCCCCCCCCCCCCC. The summed E-state index contributed by atoms with van der Waals surface area (Å²) in [5, 5.41) is 0. The lowest BCUT2D eigenvalue weighted by molar-refractivity contribution is -0.167. The van der Waals surface area contributed by atoms with Gasteiger partial charge in [0.05, 0.1) is 0 Å². The average molecular weight is 937 g/mol. The van der Waals surface area contributed by atoms with Gasteiger partial charge in [-0.15, -0.1) is 0 Å². The van der Waals surface area contributed by atoms with E-state index in [2.05, 4.69) is 39.0 Å². The van der Waals surface area contributed by atoms with Crippen LogP contribution in [0.2, 0.25) is 0 Å². The minimum atomic E-state index is -0.831. The molecule has 1 unspecified atom stereocenters. The number of ether oxygens (including phenoxy) is 3. The first-order valence-corrected chi connectivity index (χ1v) is 27.0. The standard InChI is InChI=1S/C62H96O6/c1-4-7-10-13-16-19-22-25-27-29-31-33-34-37-40-43-46-49-52-55-61(64)67-58-59(57-66-60(63)54-51-48-45-42-39-36-24-21-18-15-12-9-6-3)68-62(65)56-53-50-47-44-41-38-35-32-30-28-26-23-20-17-14-11-8-5-2/h7,9-10,12-13,15-16,18-19,21-22,24-25,27,29,31,33-34,36-37,39-40,42,45,59H,4-6,8,11,14,17,20,23,26,28,30,32,35,38,41,43-44,46-58H2,1-3H3/b10-7-,12-9-,16-13-,18-15-,22-19-,24-21-,27-25-,31-29+,34-33-,39-36-,40-37-,45-42-. The van der Waals surface area contributed by atoms with Crippen LogP contribution in [0, 0.1) is 0 Å². The summed E-state index contributed by atoms with van der Waals surface area (Å²) in [6, 6.07) is 0. The molecule has 0 radical (unpaired) electrons. The number of carbonyl (C=O) groups excluding carboxylic acids is 3. The summed E-state index contributed by atoms with van der Waals surface area (Å²) in [5.41, 5.74) is 0. The van der Waals surface area contributed by atoms with Crippen LogP contribution in [0.3, 0.4) is 0 Å². The number of carbonyl (C=O) groups is 3. The zero-order valence-electron chi connectivity index (χ0n) is 43.3. The maximum Gasteiger partial charge on any atom is 0.306 e. The van der Waals surface area contributed by atoms with Crippen molar-refractivity contribution in [2.45, 2.75) is 213 Å². The van der Waals surface area contributed by atoms with Crippen LogP contribution in [0.1, 0.15) is 207 Å². The molecule has 0 N–H and O–H groups in total. The Morgan fingerprint density at radius 3 is 0.956 bits per heavy atom. The number of rotatable bonds is 46. The molecule has 6 nitrogen and oxygen atoms in total. The number of allylic oxidation sites excluding steroid dienone is 24. The normalized spacial score (nSPS) is 13.3. The Morgan fingerprint density at radius 2 is 0.588 bits per heavy atom. The van der Waals surface area contributed by atoms with Crippen LogP contribution >= 0.6 is 0 Å². The van der Waals surface area contributed by atoms with Crippen LogP contribution < -0.4 is 0 Å². The van der Waals surface area contributed by atoms with Gasteiger partial charge in [-0.3, -0.25) is 14.4 Å². The minimum absolute atomic E-state index is 0.129. The molecule has 0 aromatic heterocycles. The van der Waals surface area contributed by atoms with Crippen molar-refractivity contribution in [3.63, 3.8) is 0 Å². The van der Waals surface area contributed by atoms with E-state index >= 15 is 0 Å². The van der Waals surface area contributed by atoms with Crippen molar-refractivity contribution in [3.05, 3.63) is 146 Å². The van der Waals surface area contributed by atoms with E-state index in [0.717, 1.165) is 57.8 Å². The van der Waals surface area contributed by atoms with E-state index in [1.165, 1.54) is 96.3 Å². The van der Waals surface area contributed by atoms with Gasteiger partial charge in [-0.1, -0.05) is 282 Å². The summed E-state index contributed by atoms with van der Waals surface area (Å²) in [5.74, 6) is -1.05. The third-order valence-corrected chi connectivity index (χ3v) is 10.9.